The van der Waals surface area contributed by atoms with E-state index in [-0.39, 0.29) is 11.9 Å². The van der Waals surface area contributed by atoms with Gasteiger partial charge in [0, 0.05) is 36.1 Å². The first-order valence-electron chi connectivity index (χ1n) is 8.68. The maximum Gasteiger partial charge on any atom is 0.321 e. The molecular weight excluding hydrogens is 318 g/mol. The summed E-state index contributed by atoms with van der Waals surface area (Å²) in [6, 6.07) is 8.80. The number of anilines is 2. The van der Waals surface area contributed by atoms with E-state index in [2.05, 4.69) is 27.8 Å². The Labute approximate surface area is 146 Å². The van der Waals surface area contributed by atoms with E-state index in [0.717, 1.165) is 37.1 Å². The van der Waals surface area contributed by atoms with Crippen LogP contribution in [0.1, 0.15) is 42.2 Å². The Balaban J connectivity index is 1.69. The summed E-state index contributed by atoms with van der Waals surface area (Å²) in [6.45, 7) is 3.47. The average molecular weight is 341 g/mol. The Morgan fingerprint density at radius 3 is 3.04 bits per heavy atom. The van der Waals surface area contributed by atoms with E-state index < -0.39 is 0 Å². The SMILES string of the molecule is CCCCc1cc(NC(=O)c2cccc(N3CCCNC3=O)c2)n[nH]1. The predicted octanol–water partition coefficient (Wildman–Crippen LogP) is 2.92. The molecule has 0 bridgehead atoms. The predicted molar refractivity (Wildman–Crippen MR) is 97.0 cm³/mol. The van der Waals surface area contributed by atoms with Crippen LogP contribution in [0.3, 0.4) is 0 Å². The molecule has 132 valence electrons. The fraction of sp³-hybridized carbons (Fsp3) is 0.389. The van der Waals surface area contributed by atoms with E-state index >= 15 is 0 Å². The second kappa shape index (κ2) is 7.83. The molecule has 2 aromatic rings. The van der Waals surface area contributed by atoms with E-state index in [1.165, 1.54) is 0 Å². The van der Waals surface area contributed by atoms with E-state index in [4.69, 9.17) is 0 Å². The summed E-state index contributed by atoms with van der Waals surface area (Å²) in [7, 11) is 0. The van der Waals surface area contributed by atoms with E-state index in [9.17, 15) is 9.59 Å². The fourth-order valence-electron chi connectivity index (χ4n) is 2.80. The molecule has 1 aliphatic rings. The molecule has 0 saturated carbocycles. The molecule has 0 atom stereocenters. The molecule has 0 aliphatic carbocycles. The highest BCUT2D eigenvalue weighted by atomic mass is 16.2. The number of hydrogen-bond donors (Lipinski definition) is 3. The van der Waals surface area contributed by atoms with Crippen molar-refractivity contribution >= 4 is 23.4 Å². The molecule has 1 aliphatic heterocycles. The largest absolute Gasteiger partial charge is 0.338 e. The van der Waals surface area contributed by atoms with E-state index in [1.54, 1.807) is 23.1 Å². The summed E-state index contributed by atoms with van der Waals surface area (Å²) < 4.78 is 0. The standard InChI is InChI=1S/C18H23N5O2/c1-2-3-7-14-12-16(22-21-14)20-17(24)13-6-4-8-15(11-13)23-10-5-9-19-18(23)25/h4,6,8,11-12H,2-3,5,7,9-10H2,1H3,(H,19,25)(H2,20,21,22,24). The molecule has 7 heteroatoms. The highest BCUT2D eigenvalue weighted by Crippen LogP contribution is 2.19. The number of aryl methyl sites for hydroxylation is 1. The third-order valence-electron chi connectivity index (χ3n) is 4.17. The van der Waals surface area contributed by atoms with Crippen LogP contribution in [0.25, 0.3) is 0 Å². The van der Waals surface area contributed by atoms with Crippen molar-refractivity contribution in [3.8, 4) is 0 Å². The molecule has 1 aromatic heterocycles. The lowest BCUT2D eigenvalue weighted by atomic mass is 10.1. The molecule has 2 heterocycles. The van der Waals surface area contributed by atoms with Gasteiger partial charge in [-0.15, -0.1) is 0 Å². The van der Waals surface area contributed by atoms with Crippen LogP contribution in [0.4, 0.5) is 16.3 Å². The van der Waals surface area contributed by atoms with Gasteiger partial charge in [0.15, 0.2) is 5.82 Å². The molecule has 3 rings (SSSR count). The number of aromatic nitrogens is 2. The van der Waals surface area contributed by atoms with Crippen molar-refractivity contribution in [2.45, 2.75) is 32.6 Å². The zero-order valence-electron chi connectivity index (χ0n) is 14.3. The zero-order valence-corrected chi connectivity index (χ0v) is 14.3. The number of nitrogens with zero attached hydrogens (tertiary/aromatic N) is 2. The molecule has 0 radical (unpaired) electrons. The highest BCUT2D eigenvalue weighted by Gasteiger charge is 2.20. The van der Waals surface area contributed by atoms with Crippen LogP contribution in [0, 0.1) is 0 Å². The van der Waals surface area contributed by atoms with Crippen molar-refractivity contribution in [1.29, 1.82) is 0 Å². The van der Waals surface area contributed by atoms with Crippen LogP contribution in [0.15, 0.2) is 30.3 Å². The van der Waals surface area contributed by atoms with Gasteiger partial charge in [0.05, 0.1) is 0 Å². The van der Waals surface area contributed by atoms with Crippen LogP contribution in [-0.2, 0) is 6.42 Å². The summed E-state index contributed by atoms with van der Waals surface area (Å²) in [6.07, 6.45) is 3.99. The first-order chi connectivity index (χ1) is 12.2. The molecule has 3 amide bonds. The van der Waals surface area contributed by atoms with Crippen molar-refractivity contribution in [2.75, 3.05) is 23.3 Å². The number of nitrogens with one attached hydrogen (secondary N) is 3. The molecule has 1 saturated heterocycles. The van der Waals surface area contributed by atoms with Crippen molar-refractivity contribution in [3.63, 3.8) is 0 Å². The molecular formula is C18H23N5O2. The number of unbranched alkanes of at least 4 members (excludes halogenated alkanes) is 1. The summed E-state index contributed by atoms with van der Waals surface area (Å²) >= 11 is 0. The Morgan fingerprint density at radius 2 is 2.24 bits per heavy atom. The summed E-state index contributed by atoms with van der Waals surface area (Å²) in [5.41, 5.74) is 2.22. The van der Waals surface area contributed by atoms with Crippen molar-refractivity contribution in [2.24, 2.45) is 0 Å². The third kappa shape index (κ3) is 4.17. The Kier molecular flexibility index (Phi) is 5.33. The minimum Gasteiger partial charge on any atom is -0.338 e. The molecule has 0 unspecified atom stereocenters. The normalized spacial score (nSPS) is 14.3. The lowest BCUT2D eigenvalue weighted by Gasteiger charge is -2.27. The van der Waals surface area contributed by atoms with E-state index in [0.29, 0.717) is 24.5 Å². The van der Waals surface area contributed by atoms with Crippen molar-refractivity contribution in [1.82, 2.24) is 15.5 Å². The topological polar surface area (TPSA) is 90.1 Å². The Morgan fingerprint density at radius 1 is 1.36 bits per heavy atom. The molecule has 0 spiro atoms. The van der Waals surface area contributed by atoms with Gasteiger partial charge in [0.2, 0.25) is 0 Å². The number of aromatic amines is 1. The molecule has 7 nitrogen and oxygen atoms in total. The van der Waals surface area contributed by atoms with Crippen LogP contribution in [-0.4, -0.2) is 35.2 Å². The number of rotatable bonds is 6. The van der Waals surface area contributed by atoms with Crippen LogP contribution >= 0.6 is 0 Å². The van der Waals surface area contributed by atoms with Gasteiger partial charge in [-0.3, -0.25) is 14.8 Å². The minimum atomic E-state index is -0.243. The van der Waals surface area contributed by atoms with Gasteiger partial charge in [0.25, 0.3) is 5.91 Å². The fourth-order valence-corrected chi connectivity index (χ4v) is 2.80. The third-order valence-corrected chi connectivity index (χ3v) is 4.17. The highest BCUT2D eigenvalue weighted by molar-refractivity contribution is 6.05. The van der Waals surface area contributed by atoms with Gasteiger partial charge in [-0.05, 0) is 37.5 Å². The monoisotopic (exact) mass is 341 g/mol. The van der Waals surface area contributed by atoms with Gasteiger partial charge in [-0.25, -0.2) is 4.79 Å². The molecule has 1 fully saturated rings. The maximum atomic E-state index is 12.5. The van der Waals surface area contributed by atoms with Crippen molar-refractivity contribution < 1.29 is 9.59 Å². The first-order valence-corrected chi connectivity index (χ1v) is 8.68. The average Bonchev–Trinajstić information content (AvgIpc) is 3.08. The second-order valence-corrected chi connectivity index (χ2v) is 6.12. The maximum absolute atomic E-state index is 12.5. The number of amides is 3. The number of benzene rings is 1. The first kappa shape index (κ1) is 17.0. The van der Waals surface area contributed by atoms with Crippen molar-refractivity contribution in [3.05, 3.63) is 41.6 Å². The number of urea groups is 1. The van der Waals surface area contributed by atoms with Gasteiger partial charge in [0.1, 0.15) is 0 Å². The van der Waals surface area contributed by atoms with Gasteiger partial charge in [-0.1, -0.05) is 19.4 Å². The number of carbonyl (C=O) groups excluding carboxylic acids is 2. The number of carbonyl (C=O) groups is 2. The lowest BCUT2D eigenvalue weighted by Crippen LogP contribution is -2.46. The van der Waals surface area contributed by atoms with Gasteiger partial charge in [-0.2, -0.15) is 5.10 Å². The number of hydrogen-bond acceptors (Lipinski definition) is 3. The molecule has 3 N–H and O–H groups in total. The summed E-state index contributed by atoms with van der Waals surface area (Å²) in [4.78, 5) is 26.1. The lowest BCUT2D eigenvalue weighted by molar-refractivity contribution is 0.102. The van der Waals surface area contributed by atoms with Crippen LogP contribution in [0.5, 0.6) is 0 Å². The van der Waals surface area contributed by atoms with Crippen LogP contribution < -0.4 is 15.5 Å². The minimum absolute atomic E-state index is 0.128. The van der Waals surface area contributed by atoms with E-state index in [1.807, 2.05) is 12.1 Å². The summed E-state index contributed by atoms with van der Waals surface area (Å²) in [5.74, 6) is 0.269. The quantitative estimate of drug-likeness (QED) is 0.754. The molecule has 1 aromatic carbocycles. The van der Waals surface area contributed by atoms with Gasteiger partial charge < -0.3 is 10.6 Å². The Hall–Kier alpha value is -2.83. The second-order valence-electron chi connectivity index (χ2n) is 6.12. The van der Waals surface area contributed by atoms with Gasteiger partial charge >= 0.3 is 6.03 Å². The smallest absolute Gasteiger partial charge is 0.321 e. The Bertz CT molecular complexity index is 755. The summed E-state index contributed by atoms with van der Waals surface area (Å²) in [5, 5.41) is 12.7. The molecule has 25 heavy (non-hydrogen) atoms. The zero-order chi connectivity index (χ0) is 17.6. The van der Waals surface area contributed by atoms with Crippen LogP contribution in [0.2, 0.25) is 0 Å². The number of H-pyrrole nitrogens is 1.